The minimum absolute atomic E-state index is 0.0841. The molecule has 2 N–H and O–H groups in total. The molecule has 1 aromatic rings. The normalized spacial score (nSPS) is 20.1. The molecular formula is C12H14ClFN2O. The van der Waals surface area contributed by atoms with E-state index in [1.54, 1.807) is 11.0 Å². The summed E-state index contributed by atoms with van der Waals surface area (Å²) in [7, 11) is 0. The smallest absolute Gasteiger partial charge is 0.223 e. The number of hydrogen-bond donors (Lipinski definition) is 1. The quantitative estimate of drug-likeness (QED) is 0.896. The van der Waals surface area contributed by atoms with Gasteiger partial charge in [0.2, 0.25) is 5.91 Å². The summed E-state index contributed by atoms with van der Waals surface area (Å²) in [6, 6.07) is 4.22. The predicted molar refractivity (Wildman–Crippen MR) is 64.0 cm³/mol. The maximum atomic E-state index is 12.9. The summed E-state index contributed by atoms with van der Waals surface area (Å²) in [6.45, 7) is 1.59. The molecule has 1 heterocycles. The van der Waals surface area contributed by atoms with Gasteiger partial charge in [0, 0.05) is 24.5 Å². The third kappa shape index (κ3) is 2.76. The number of carbonyl (C=O) groups excluding carboxylic acids is 1. The van der Waals surface area contributed by atoms with Crippen molar-refractivity contribution in [2.45, 2.75) is 13.0 Å². The first kappa shape index (κ1) is 12.3. The van der Waals surface area contributed by atoms with E-state index < -0.39 is 0 Å². The van der Waals surface area contributed by atoms with Gasteiger partial charge in [0.15, 0.2) is 0 Å². The zero-order chi connectivity index (χ0) is 12.4. The van der Waals surface area contributed by atoms with E-state index in [2.05, 4.69) is 0 Å². The SMILES string of the molecule is NCC1CC(=O)N(Cc2ccc(F)cc2Cl)C1. The van der Waals surface area contributed by atoms with Gasteiger partial charge in [0.05, 0.1) is 0 Å². The van der Waals surface area contributed by atoms with Gasteiger partial charge >= 0.3 is 0 Å². The molecule has 0 bridgehead atoms. The first-order chi connectivity index (χ1) is 8.10. The Labute approximate surface area is 104 Å². The zero-order valence-corrected chi connectivity index (χ0v) is 10.1. The Kier molecular flexibility index (Phi) is 3.64. The van der Waals surface area contributed by atoms with Crippen molar-refractivity contribution in [2.75, 3.05) is 13.1 Å². The highest BCUT2D eigenvalue weighted by molar-refractivity contribution is 6.31. The summed E-state index contributed by atoms with van der Waals surface area (Å²) in [6.07, 6.45) is 0.495. The lowest BCUT2D eigenvalue weighted by atomic mass is 10.1. The van der Waals surface area contributed by atoms with Crippen LogP contribution in [0.3, 0.4) is 0 Å². The molecule has 1 saturated heterocycles. The largest absolute Gasteiger partial charge is 0.338 e. The molecule has 1 fully saturated rings. The predicted octanol–water partition coefficient (Wildman–Crippen LogP) is 1.79. The summed E-state index contributed by atoms with van der Waals surface area (Å²) in [4.78, 5) is 13.4. The molecule has 1 aliphatic rings. The molecule has 1 aromatic carbocycles. The fraction of sp³-hybridized carbons (Fsp3) is 0.417. The standard InChI is InChI=1S/C12H14ClFN2O/c13-11-4-10(14)2-1-9(11)7-16-6-8(5-15)3-12(16)17/h1-2,4,8H,3,5-7,15H2. The van der Waals surface area contributed by atoms with Crippen molar-refractivity contribution in [3.63, 3.8) is 0 Å². The summed E-state index contributed by atoms with van der Waals surface area (Å²) >= 11 is 5.92. The Morgan fingerprint density at radius 3 is 2.88 bits per heavy atom. The Bertz CT molecular complexity index is 439. The molecule has 1 unspecified atom stereocenters. The molecule has 5 heteroatoms. The minimum Gasteiger partial charge on any atom is -0.338 e. The van der Waals surface area contributed by atoms with Crippen LogP contribution in [0.2, 0.25) is 5.02 Å². The van der Waals surface area contributed by atoms with Crippen molar-refractivity contribution in [1.82, 2.24) is 4.90 Å². The second kappa shape index (κ2) is 5.02. The lowest BCUT2D eigenvalue weighted by Crippen LogP contribution is -2.25. The molecule has 1 atom stereocenters. The van der Waals surface area contributed by atoms with Crippen LogP contribution in [0.25, 0.3) is 0 Å². The number of halogens is 2. The van der Waals surface area contributed by atoms with Crippen molar-refractivity contribution < 1.29 is 9.18 Å². The third-order valence-corrected chi connectivity index (χ3v) is 3.36. The lowest BCUT2D eigenvalue weighted by molar-refractivity contribution is -0.128. The van der Waals surface area contributed by atoms with E-state index in [-0.39, 0.29) is 17.6 Å². The maximum Gasteiger partial charge on any atom is 0.223 e. The van der Waals surface area contributed by atoms with Gasteiger partial charge in [0.25, 0.3) is 0 Å². The second-order valence-electron chi connectivity index (χ2n) is 4.32. The molecule has 0 spiro atoms. The van der Waals surface area contributed by atoms with Crippen molar-refractivity contribution in [1.29, 1.82) is 0 Å². The van der Waals surface area contributed by atoms with E-state index >= 15 is 0 Å². The summed E-state index contributed by atoms with van der Waals surface area (Å²) in [5.74, 6) is -0.0612. The maximum absolute atomic E-state index is 12.9. The van der Waals surface area contributed by atoms with E-state index in [4.69, 9.17) is 17.3 Å². The first-order valence-electron chi connectivity index (χ1n) is 5.52. The number of nitrogens with two attached hydrogens (primary N) is 1. The molecule has 17 heavy (non-hydrogen) atoms. The van der Waals surface area contributed by atoms with Crippen molar-refractivity contribution in [2.24, 2.45) is 11.7 Å². The number of rotatable bonds is 3. The average molecular weight is 257 g/mol. The third-order valence-electron chi connectivity index (χ3n) is 3.00. The summed E-state index contributed by atoms with van der Waals surface area (Å²) in [5, 5.41) is 0.356. The van der Waals surface area contributed by atoms with Crippen LogP contribution in [0.1, 0.15) is 12.0 Å². The van der Waals surface area contributed by atoms with Gasteiger partial charge in [-0.1, -0.05) is 17.7 Å². The van der Waals surface area contributed by atoms with E-state index in [0.29, 0.717) is 31.1 Å². The van der Waals surface area contributed by atoms with E-state index in [9.17, 15) is 9.18 Å². The Morgan fingerprint density at radius 1 is 1.53 bits per heavy atom. The number of carbonyl (C=O) groups is 1. The van der Waals surface area contributed by atoms with Crippen LogP contribution in [0.15, 0.2) is 18.2 Å². The first-order valence-corrected chi connectivity index (χ1v) is 5.89. The molecule has 0 aromatic heterocycles. The molecule has 3 nitrogen and oxygen atoms in total. The fourth-order valence-electron chi connectivity index (χ4n) is 2.02. The van der Waals surface area contributed by atoms with Gasteiger partial charge in [-0.25, -0.2) is 4.39 Å². The van der Waals surface area contributed by atoms with E-state index in [0.717, 1.165) is 5.56 Å². The summed E-state index contributed by atoms with van der Waals surface area (Å²) in [5.41, 5.74) is 6.31. The van der Waals surface area contributed by atoms with Gasteiger partial charge in [0.1, 0.15) is 5.82 Å². The van der Waals surface area contributed by atoms with Crippen LogP contribution in [0, 0.1) is 11.7 Å². The van der Waals surface area contributed by atoms with Crippen molar-refractivity contribution >= 4 is 17.5 Å². The second-order valence-corrected chi connectivity index (χ2v) is 4.72. The molecule has 0 radical (unpaired) electrons. The number of nitrogens with zero attached hydrogens (tertiary/aromatic N) is 1. The molecule has 0 aliphatic carbocycles. The zero-order valence-electron chi connectivity index (χ0n) is 9.33. The number of hydrogen-bond acceptors (Lipinski definition) is 2. The Morgan fingerprint density at radius 2 is 2.29 bits per heavy atom. The average Bonchev–Trinajstić information content (AvgIpc) is 2.64. The topological polar surface area (TPSA) is 46.3 Å². The van der Waals surface area contributed by atoms with Crippen LogP contribution in [-0.2, 0) is 11.3 Å². The molecule has 1 aliphatic heterocycles. The van der Waals surface area contributed by atoms with Gasteiger partial charge in [-0.05, 0) is 30.2 Å². The lowest BCUT2D eigenvalue weighted by Gasteiger charge is -2.17. The minimum atomic E-state index is -0.369. The van der Waals surface area contributed by atoms with Gasteiger partial charge in [-0.3, -0.25) is 4.79 Å². The van der Waals surface area contributed by atoms with Crippen LogP contribution in [-0.4, -0.2) is 23.9 Å². The fourth-order valence-corrected chi connectivity index (χ4v) is 2.25. The molecule has 92 valence electrons. The molecule has 2 rings (SSSR count). The molecular weight excluding hydrogens is 243 g/mol. The van der Waals surface area contributed by atoms with E-state index in [1.165, 1.54) is 12.1 Å². The van der Waals surface area contributed by atoms with E-state index in [1.807, 2.05) is 0 Å². The monoisotopic (exact) mass is 256 g/mol. The van der Waals surface area contributed by atoms with Crippen LogP contribution < -0.4 is 5.73 Å². The number of likely N-dealkylation sites (tertiary alicyclic amines) is 1. The van der Waals surface area contributed by atoms with Crippen molar-refractivity contribution in [3.05, 3.63) is 34.6 Å². The highest BCUT2D eigenvalue weighted by Gasteiger charge is 2.28. The van der Waals surface area contributed by atoms with Gasteiger partial charge in [-0.15, -0.1) is 0 Å². The van der Waals surface area contributed by atoms with Gasteiger partial charge < -0.3 is 10.6 Å². The Balaban J connectivity index is 2.08. The molecule has 0 saturated carbocycles. The highest BCUT2D eigenvalue weighted by Crippen LogP contribution is 2.23. The van der Waals surface area contributed by atoms with Crippen LogP contribution in [0.4, 0.5) is 4.39 Å². The van der Waals surface area contributed by atoms with Crippen LogP contribution >= 0.6 is 11.6 Å². The Hall–Kier alpha value is -1.13. The summed E-state index contributed by atoms with van der Waals surface area (Å²) < 4.78 is 12.9. The number of amides is 1. The highest BCUT2D eigenvalue weighted by atomic mass is 35.5. The van der Waals surface area contributed by atoms with Gasteiger partial charge in [-0.2, -0.15) is 0 Å². The van der Waals surface area contributed by atoms with Crippen molar-refractivity contribution in [3.8, 4) is 0 Å². The number of benzene rings is 1. The van der Waals surface area contributed by atoms with Crippen LogP contribution in [0.5, 0.6) is 0 Å². The molecule has 1 amide bonds.